The first-order valence-electron chi connectivity index (χ1n) is 8.10. The van der Waals surface area contributed by atoms with E-state index >= 15 is 0 Å². The second-order valence-corrected chi connectivity index (χ2v) is 7.02. The largest absolute Gasteiger partial charge is 0.444 e. The summed E-state index contributed by atoms with van der Waals surface area (Å²) in [5, 5.41) is 0. The Bertz CT molecular complexity index is 482. The SMILES string of the molecule is CN(C(=O)OC(C)(C)C)[C@@H]1CCCCN1Cc1ccccc1. The van der Waals surface area contributed by atoms with Crippen LogP contribution in [0.1, 0.15) is 45.6 Å². The van der Waals surface area contributed by atoms with E-state index in [1.807, 2.05) is 33.9 Å². The van der Waals surface area contributed by atoms with E-state index in [4.69, 9.17) is 4.74 Å². The maximum Gasteiger partial charge on any atom is 0.411 e. The van der Waals surface area contributed by atoms with Gasteiger partial charge in [0.2, 0.25) is 0 Å². The van der Waals surface area contributed by atoms with Gasteiger partial charge in [0.1, 0.15) is 5.60 Å². The molecule has 1 aromatic rings. The van der Waals surface area contributed by atoms with Crippen LogP contribution in [-0.4, -0.2) is 41.3 Å². The Labute approximate surface area is 134 Å². The molecule has 4 nitrogen and oxygen atoms in total. The number of hydrogen-bond donors (Lipinski definition) is 0. The Morgan fingerprint density at radius 3 is 2.59 bits per heavy atom. The van der Waals surface area contributed by atoms with Crippen molar-refractivity contribution in [1.29, 1.82) is 0 Å². The second-order valence-electron chi connectivity index (χ2n) is 7.02. The zero-order chi connectivity index (χ0) is 16.2. The first-order valence-corrected chi connectivity index (χ1v) is 8.10. The number of nitrogens with zero attached hydrogens (tertiary/aromatic N) is 2. The fraction of sp³-hybridized carbons (Fsp3) is 0.611. The van der Waals surface area contributed by atoms with E-state index in [2.05, 4.69) is 29.2 Å². The van der Waals surface area contributed by atoms with Crippen molar-refractivity contribution < 1.29 is 9.53 Å². The molecule has 1 fully saturated rings. The highest BCUT2D eigenvalue weighted by molar-refractivity contribution is 5.68. The minimum atomic E-state index is -0.454. The minimum Gasteiger partial charge on any atom is -0.444 e. The molecule has 0 spiro atoms. The zero-order valence-electron chi connectivity index (χ0n) is 14.2. The van der Waals surface area contributed by atoms with Crippen molar-refractivity contribution in [3.05, 3.63) is 35.9 Å². The van der Waals surface area contributed by atoms with E-state index in [-0.39, 0.29) is 12.3 Å². The predicted molar refractivity (Wildman–Crippen MR) is 88.5 cm³/mol. The van der Waals surface area contributed by atoms with Crippen LogP contribution >= 0.6 is 0 Å². The lowest BCUT2D eigenvalue weighted by Gasteiger charge is -2.41. The molecule has 1 aliphatic rings. The zero-order valence-corrected chi connectivity index (χ0v) is 14.2. The average Bonchev–Trinajstić information content (AvgIpc) is 2.46. The third-order valence-electron chi connectivity index (χ3n) is 3.94. The van der Waals surface area contributed by atoms with Crippen LogP contribution in [0.4, 0.5) is 4.79 Å². The lowest BCUT2D eigenvalue weighted by Crippen LogP contribution is -2.52. The van der Waals surface area contributed by atoms with Crippen LogP contribution < -0.4 is 0 Å². The van der Waals surface area contributed by atoms with Gasteiger partial charge in [0.15, 0.2) is 0 Å². The van der Waals surface area contributed by atoms with Gasteiger partial charge in [-0.1, -0.05) is 30.3 Å². The van der Waals surface area contributed by atoms with Crippen molar-refractivity contribution in [1.82, 2.24) is 9.80 Å². The van der Waals surface area contributed by atoms with E-state index in [1.165, 1.54) is 12.0 Å². The van der Waals surface area contributed by atoms with Crippen LogP contribution in [-0.2, 0) is 11.3 Å². The molecular weight excluding hydrogens is 276 g/mol. The highest BCUT2D eigenvalue weighted by Gasteiger charge is 2.31. The predicted octanol–water partition coefficient (Wildman–Crippen LogP) is 3.87. The van der Waals surface area contributed by atoms with Gasteiger partial charge in [-0.05, 0) is 45.6 Å². The molecule has 1 aliphatic heterocycles. The van der Waals surface area contributed by atoms with Crippen LogP contribution in [0.2, 0.25) is 0 Å². The van der Waals surface area contributed by atoms with E-state index in [0.29, 0.717) is 0 Å². The Kier molecular flexibility index (Phi) is 5.46. The van der Waals surface area contributed by atoms with Crippen LogP contribution in [0.15, 0.2) is 30.3 Å². The molecule has 4 heteroatoms. The van der Waals surface area contributed by atoms with Gasteiger partial charge in [-0.15, -0.1) is 0 Å². The standard InChI is InChI=1S/C18H28N2O2/c1-18(2,3)22-17(21)19(4)16-12-8-9-13-20(16)14-15-10-6-5-7-11-15/h5-7,10-11,16H,8-9,12-14H2,1-4H3/t16-/m0/s1. The number of hydrogen-bond acceptors (Lipinski definition) is 3. The van der Waals surface area contributed by atoms with Gasteiger partial charge in [0.25, 0.3) is 0 Å². The average molecular weight is 304 g/mol. The van der Waals surface area contributed by atoms with Gasteiger partial charge in [-0.3, -0.25) is 9.80 Å². The minimum absolute atomic E-state index is 0.115. The molecule has 1 atom stereocenters. The molecule has 1 saturated heterocycles. The number of rotatable bonds is 3. The molecule has 0 aliphatic carbocycles. The van der Waals surface area contributed by atoms with Crippen molar-refractivity contribution in [2.24, 2.45) is 0 Å². The highest BCUT2D eigenvalue weighted by Crippen LogP contribution is 2.23. The van der Waals surface area contributed by atoms with E-state index in [9.17, 15) is 4.79 Å². The summed E-state index contributed by atoms with van der Waals surface area (Å²) in [6.45, 7) is 7.61. The number of carbonyl (C=O) groups excluding carboxylic acids is 1. The van der Waals surface area contributed by atoms with Gasteiger partial charge in [-0.2, -0.15) is 0 Å². The summed E-state index contributed by atoms with van der Waals surface area (Å²) in [4.78, 5) is 16.5. The summed E-state index contributed by atoms with van der Waals surface area (Å²) in [5.41, 5.74) is 0.830. The maximum absolute atomic E-state index is 12.3. The molecule has 0 bridgehead atoms. The van der Waals surface area contributed by atoms with E-state index in [1.54, 1.807) is 4.90 Å². The molecule has 0 aromatic heterocycles. The highest BCUT2D eigenvalue weighted by atomic mass is 16.6. The van der Waals surface area contributed by atoms with Crippen molar-refractivity contribution in [2.45, 2.75) is 58.3 Å². The fourth-order valence-electron chi connectivity index (χ4n) is 2.87. The molecule has 1 amide bonds. The molecule has 1 heterocycles. The Morgan fingerprint density at radius 2 is 1.95 bits per heavy atom. The molecule has 22 heavy (non-hydrogen) atoms. The quantitative estimate of drug-likeness (QED) is 0.850. The molecule has 2 rings (SSSR count). The third-order valence-corrected chi connectivity index (χ3v) is 3.94. The maximum atomic E-state index is 12.3. The number of carbonyl (C=O) groups is 1. The normalized spacial score (nSPS) is 19.7. The van der Waals surface area contributed by atoms with E-state index in [0.717, 1.165) is 25.9 Å². The first-order chi connectivity index (χ1) is 10.4. The third kappa shape index (κ3) is 4.73. The Balaban J connectivity index is 2.04. The summed E-state index contributed by atoms with van der Waals surface area (Å²) >= 11 is 0. The Morgan fingerprint density at radius 1 is 1.27 bits per heavy atom. The lowest BCUT2D eigenvalue weighted by atomic mass is 10.1. The van der Waals surface area contributed by atoms with Crippen molar-refractivity contribution in [3.63, 3.8) is 0 Å². The second kappa shape index (κ2) is 7.14. The number of piperidine rings is 1. The van der Waals surface area contributed by atoms with Crippen LogP contribution in [0.5, 0.6) is 0 Å². The molecule has 0 unspecified atom stereocenters. The van der Waals surface area contributed by atoms with Gasteiger partial charge in [0.05, 0.1) is 6.17 Å². The van der Waals surface area contributed by atoms with Crippen LogP contribution in [0.25, 0.3) is 0 Å². The topological polar surface area (TPSA) is 32.8 Å². The summed E-state index contributed by atoms with van der Waals surface area (Å²) < 4.78 is 5.51. The summed E-state index contributed by atoms with van der Waals surface area (Å²) in [7, 11) is 1.85. The molecule has 122 valence electrons. The van der Waals surface area contributed by atoms with Gasteiger partial charge in [-0.25, -0.2) is 4.79 Å². The number of ether oxygens (including phenoxy) is 1. The van der Waals surface area contributed by atoms with Crippen molar-refractivity contribution in [2.75, 3.05) is 13.6 Å². The molecular formula is C18H28N2O2. The number of amides is 1. The molecule has 0 radical (unpaired) electrons. The number of benzene rings is 1. The van der Waals surface area contributed by atoms with E-state index < -0.39 is 5.60 Å². The lowest BCUT2D eigenvalue weighted by molar-refractivity contribution is -0.0164. The number of likely N-dealkylation sites (tertiary alicyclic amines) is 1. The van der Waals surface area contributed by atoms with Crippen molar-refractivity contribution >= 4 is 6.09 Å². The molecule has 1 aromatic carbocycles. The monoisotopic (exact) mass is 304 g/mol. The van der Waals surface area contributed by atoms with Gasteiger partial charge < -0.3 is 4.74 Å². The summed E-state index contributed by atoms with van der Waals surface area (Å²) in [6.07, 6.45) is 3.22. The Hall–Kier alpha value is -1.55. The van der Waals surface area contributed by atoms with Crippen LogP contribution in [0, 0.1) is 0 Å². The first kappa shape index (κ1) is 16.8. The smallest absolute Gasteiger partial charge is 0.411 e. The fourth-order valence-corrected chi connectivity index (χ4v) is 2.87. The van der Waals surface area contributed by atoms with Crippen molar-refractivity contribution in [3.8, 4) is 0 Å². The van der Waals surface area contributed by atoms with Gasteiger partial charge in [0, 0.05) is 20.1 Å². The summed E-state index contributed by atoms with van der Waals surface area (Å²) in [5.74, 6) is 0. The van der Waals surface area contributed by atoms with Gasteiger partial charge >= 0.3 is 6.09 Å². The molecule has 0 saturated carbocycles. The molecule has 0 N–H and O–H groups in total. The van der Waals surface area contributed by atoms with Crippen LogP contribution in [0.3, 0.4) is 0 Å². The summed E-state index contributed by atoms with van der Waals surface area (Å²) in [6, 6.07) is 10.4.